The molecule has 0 atom stereocenters. The van der Waals surface area contributed by atoms with E-state index in [0.29, 0.717) is 0 Å². The average Bonchev–Trinajstić information content (AvgIpc) is 2.16. The van der Waals surface area contributed by atoms with Gasteiger partial charge in [0.05, 0.1) is 4.87 Å². The summed E-state index contributed by atoms with van der Waals surface area (Å²) in [5.74, 6) is 0. The van der Waals surface area contributed by atoms with Gasteiger partial charge in [0.2, 0.25) is 0 Å². The Morgan fingerprint density at radius 1 is 1.14 bits per heavy atom. The van der Waals surface area contributed by atoms with Crippen LogP contribution in [0.4, 0.5) is 0 Å². The van der Waals surface area contributed by atoms with Crippen LogP contribution in [0.5, 0.6) is 0 Å². The largest absolute Gasteiger partial charge is 0.264 e. The van der Waals surface area contributed by atoms with Crippen LogP contribution in [-0.4, -0.2) is 4.98 Å². The molecule has 72 valence electrons. The van der Waals surface area contributed by atoms with Crippen molar-refractivity contribution in [2.24, 2.45) is 0 Å². The molecule has 0 bridgehead atoms. The minimum Gasteiger partial charge on any atom is -0.264 e. The Labute approximate surface area is 88.7 Å². The third-order valence-corrected chi connectivity index (χ3v) is 2.55. The normalized spacial score (nSPS) is 11.9. The standard InChI is InChI=1S/C12H12ClN/c1-12(2,13)11-4-3-10-8-14-6-5-9(10)7-11/h3-8H,1-2H3. The molecule has 2 aromatic rings. The Kier molecular flexibility index (Phi) is 2.20. The number of rotatable bonds is 1. The van der Waals surface area contributed by atoms with Gasteiger partial charge in [-0.3, -0.25) is 4.98 Å². The van der Waals surface area contributed by atoms with E-state index in [-0.39, 0.29) is 4.87 Å². The van der Waals surface area contributed by atoms with Gasteiger partial charge < -0.3 is 0 Å². The number of halogens is 1. The second-order valence-corrected chi connectivity index (χ2v) is 4.85. The van der Waals surface area contributed by atoms with Crippen molar-refractivity contribution in [1.29, 1.82) is 0 Å². The third-order valence-electron chi connectivity index (χ3n) is 2.33. The molecule has 2 rings (SSSR count). The highest BCUT2D eigenvalue weighted by Gasteiger charge is 2.16. The molecule has 0 saturated heterocycles. The van der Waals surface area contributed by atoms with E-state index in [1.165, 1.54) is 5.39 Å². The lowest BCUT2D eigenvalue weighted by atomic mass is 9.99. The predicted octanol–water partition coefficient (Wildman–Crippen LogP) is 3.71. The van der Waals surface area contributed by atoms with Gasteiger partial charge >= 0.3 is 0 Å². The summed E-state index contributed by atoms with van der Waals surface area (Å²) in [5.41, 5.74) is 1.14. The molecule has 2 heteroatoms. The molecule has 0 spiro atoms. The molecule has 1 aromatic heterocycles. The Hall–Kier alpha value is -1.08. The predicted molar refractivity (Wildman–Crippen MR) is 60.6 cm³/mol. The zero-order valence-electron chi connectivity index (χ0n) is 8.29. The Morgan fingerprint density at radius 2 is 1.93 bits per heavy atom. The van der Waals surface area contributed by atoms with E-state index in [4.69, 9.17) is 11.6 Å². The zero-order chi connectivity index (χ0) is 10.2. The van der Waals surface area contributed by atoms with Crippen molar-refractivity contribution in [3.05, 3.63) is 42.2 Å². The van der Waals surface area contributed by atoms with Crippen LogP contribution in [0.2, 0.25) is 0 Å². The van der Waals surface area contributed by atoms with Gasteiger partial charge in [0.25, 0.3) is 0 Å². The molecule has 0 saturated carbocycles. The highest BCUT2D eigenvalue weighted by molar-refractivity contribution is 6.23. The Morgan fingerprint density at radius 3 is 2.64 bits per heavy atom. The van der Waals surface area contributed by atoms with E-state index in [0.717, 1.165) is 10.9 Å². The van der Waals surface area contributed by atoms with Crippen LogP contribution in [0.3, 0.4) is 0 Å². The molecule has 0 aliphatic carbocycles. The Balaban J connectivity index is 2.63. The number of pyridine rings is 1. The van der Waals surface area contributed by atoms with Crippen LogP contribution in [0.1, 0.15) is 19.4 Å². The van der Waals surface area contributed by atoms with Crippen LogP contribution in [-0.2, 0) is 4.87 Å². The van der Waals surface area contributed by atoms with Crippen LogP contribution in [0, 0.1) is 0 Å². The molecule has 1 nitrogen and oxygen atoms in total. The van der Waals surface area contributed by atoms with Gasteiger partial charge in [0.15, 0.2) is 0 Å². The van der Waals surface area contributed by atoms with E-state index in [2.05, 4.69) is 23.2 Å². The molecule has 1 aromatic carbocycles. The number of hydrogen-bond donors (Lipinski definition) is 0. The molecule has 0 radical (unpaired) electrons. The van der Waals surface area contributed by atoms with E-state index < -0.39 is 0 Å². The summed E-state index contributed by atoms with van der Waals surface area (Å²) in [4.78, 5) is 3.76. The summed E-state index contributed by atoms with van der Waals surface area (Å²) >= 11 is 6.24. The van der Waals surface area contributed by atoms with Gasteiger partial charge in [-0.25, -0.2) is 0 Å². The van der Waals surface area contributed by atoms with Gasteiger partial charge in [-0.05, 0) is 36.9 Å². The summed E-state index contributed by atoms with van der Waals surface area (Å²) in [6.07, 6.45) is 3.66. The first-order valence-electron chi connectivity index (χ1n) is 4.60. The highest BCUT2D eigenvalue weighted by atomic mass is 35.5. The van der Waals surface area contributed by atoms with Crippen molar-refractivity contribution in [3.63, 3.8) is 0 Å². The molecule has 14 heavy (non-hydrogen) atoms. The average molecular weight is 206 g/mol. The molecular formula is C12H12ClN. The van der Waals surface area contributed by atoms with Gasteiger partial charge in [-0.1, -0.05) is 12.1 Å². The molecule has 0 N–H and O–H groups in total. The van der Waals surface area contributed by atoms with Crippen molar-refractivity contribution in [3.8, 4) is 0 Å². The van der Waals surface area contributed by atoms with Crippen molar-refractivity contribution >= 4 is 22.4 Å². The number of aromatic nitrogens is 1. The molecule has 1 heterocycles. The van der Waals surface area contributed by atoms with Gasteiger partial charge in [0.1, 0.15) is 0 Å². The topological polar surface area (TPSA) is 12.9 Å². The zero-order valence-corrected chi connectivity index (χ0v) is 9.05. The molecule has 0 aliphatic heterocycles. The maximum Gasteiger partial charge on any atom is 0.0639 e. The first kappa shape index (κ1) is 9.47. The smallest absolute Gasteiger partial charge is 0.0639 e. The number of hydrogen-bond acceptors (Lipinski definition) is 1. The van der Waals surface area contributed by atoms with Crippen molar-refractivity contribution < 1.29 is 0 Å². The fourth-order valence-electron chi connectivity index (χ4n) is 1.45. The summed E-state index contributed by atoms with van der Waals surface area (Å²) in [7, 11) is 0. The van der Waals surface area contributed by atoms with E-state index >= 15 is 0 Å². The summed E-state index contributed by atoms with van der Waals surface area (Å²) < 4.78 is 0. The van der Waals surface area contributed by atoms with E-state index in [9.17, 15) is 0 Å². The minimum absolute atomic E-state index is 0.308. The van der Waals surface area contributed by atoms with Crippen LogP contribution >= 0.6 is 11.6 Å². The molecule has 0 unspecified atom stereocenters. The van der Waals surface area contributed by atoms with Gasteiger partial charge in [0, 0.05) is 17.8 Å². The molecule has 0 amide bonds. The SMILES string of the molecule is CC(C)(Cl)c1ccc2cnccc2c1. The maximum absolute atomic E-state index is 6.24. The van der Waals surface area contributed by atoms with Gasteiger partial charge in [-0.15, -0.1) is 11.6 Å². The maximum atomic E-state index is 6.24. The van der Waals surface area contributed by atoms with Crippen molar-refractivity contribution in [2.75, 3.05) is 0 Å². The minimum atomic E-state index is -0.308. The first-order chi connectivity index (χ1) is 6.57. The molecule has 0 aliphatic rings. The van der Waals surface area contributed by atoms with Crippen molar-refractivity contribution in [2.45, 2.75) is 18.7 Å². The van der Waals surface area contributed by atoms with E-state index in [1.807, 2.05) is 26.1 Å². The van der Waals surface area contributed by atoms with Gasteiger partial charge in [-0.2, -0.15) is 0 Å². The second kappa shape index (κ2) is 3.25. The van der Waals surface area contributed by atoms with Crippen LogP contribution in [0.15, 0.2) is 36.7 Å². The Bertz CT molecular complexity index is 457. The number of fused-ring (bicyclic) bond motifs is 1. The lowest BCUT2D eigenvalue weighted by Crippen LogP contribution is -2.06. The summed E-state index contributed by atoms with van der Waals surface area (Å²) in [6.45, 7) is 3.99. The lowest BCUT2D eigenvalue weighted by Gasteiger charge is -2.16. The lowest BCUT2D eigenvalue weighted by molar-refractivity contribution is 0.767. The molecule has 0 fully saturated rings. The van der Waals surface area contributed by atoms with Crippen molar-refractivity contribution in [1.82, 2.24) is 4.98 Å². The third kappa shape index (κ3) is 1.73. The highest BCUT2D eigenvalue weighted by Crippen LogP contribution is 2.29. The summed E-state index contributed by atoms with van der Waals surface area (Å²) in [5, 5.41) is 2.34. The monoisotopic (exact) mass is 205 g/mol. The van der Waals surface area contributed by atoms with Crippen LogP contribution < -0.4 is 0 Å². The quantitative estimate of drug-likeness (QED) is 0.647. The fourth-order valence-corrected chi connectivity index (χ4v) is 1.57. The van der Waals surface area contributed by atoms with Crippen LogP contribution in [0.25, 0.3) is 10.8 Å². The number of nitrogens with zero attached hydrogens (tertiary/aromatic N) is 1. The summed E-state index contributed by atoms with van der Waals surface area (Å²) in [6, 6.07) is 8.23. The number of alkyl halides is 1. The first-order valence-corrected chi connectivity index (χ1v) is 4.98. The van der Waals surface area contributed by atoms with E-state index in [1.54, 1.807) is 6.20 Å². The number of benzene rings is 1. The second-order valence-electron chi connectivity index (χ2n) is 3.91. The fraction of sp³-hybridized carbons (Fsp3) is 0.250. The molecular weight excluding hydrogens is 194 g/mol.